The first-order valence-electron chi connectivity index (χ1n) is 8.62. The van der Waals surface area contributed by atoms with Gasteiger partial charge in [-0.15, -0.1) is 0 Å². The Morgan fingerprint density at radius 3 is 2.07 bits per heavy atom. The summed E-state index contributed by atoms with van der Waals surface area (Å²) in [7, 11) is 0. The minimum atomic E-state index is -0.352. The van der Waals surface area contributed by atoms with Crippen LogP contribution in [0, 0.1) is 6.92 Å². The van der Waals surface area contributed by atoms with E-state index < -0.39 is 0 Å². The van der Waals surface area contributed by atoms with Crippen molar-refractivity contribution in [2.45, 2.75) is 33.7 Å². The lowest BCUT2D eigenvalue weighted by atomic mass is 10.1. The SMILES string of the molecule is CC(=O)Nc1cc(C(=O)Nc2ccccc2NC(=O)NC(C)C)ccc1C. The van der Waals surface area contributed by atoms with E-state index in [1.807, 2.05) is 20.8 Å². The first-order chi connectivity index (χ1) is 12.8. The molecule has 142 valence electrons. The monoisotopic (exact) mass is 368 g/mol. The van der Waals surface area contributed by atoms with Crippen molar-refractivity contribution >= 4 is 34.9 Å². The number of anilines is 3. The minimum absolute atomic E-state index is 0.00786. The van der Waals surface area contributed by atoms with Gasteiger partial charge in [0.15, 0.2) is 0 Å². The topological polar surface area (TPSA) is 99.3 Å². The molecule has 0 aliphatic carbocycles. The Bertz CT molecular complexity index is 862. The number of urea groups is 1. The second-order valence-electron chi connectivity index (χ2n) is 6.46. The second kappa shape index (κ2) is 8.84. The van der Waals surface area contributed by atoms with Gasteiger partial charge in [-0.25, -0.2) is 4.79 Å². The van der Waals surface area contributed by atoms with Gasteiger partial charge in [0, 0.05) is 24.2 Å². The molecule has 7 heteroatoms. The third-order valence-corrected chi connectivity index (χ3v) is 3.65. The third-order valence-electron chi connectivity index (χ3n) is 3.65. The molecule has 0 radical (unpaired) electrons. The summed E-state index contributed by atoms with van der Waals surface area (Å²) in [5.74, 6) is -0.554. The molecule has 0 saturated carbocycles. The highest BCUT2D eigenvalue weighted by Gasteiger charge is 2.13. The van der Waals surface area contributed by atoms with Gasteiger partial charge in [-0.1, -0.05) is 18.2 Å². The smallest absolute Gasteiger partial charge is 0.319 e. The number of carbonyl (C=O) groups excluding carboxylic acids is 3. The quantitative estimate of drug-likeness (QED) is 0.647. The van der Waals surface area contributed by atoms with Crippen LogP contribution in [0.5, 0.6) is 0 Å². The average Bonchev–Trinajstić information content (AvgIpc) is 2.57. The molecule has 0 fully saturated rings. The molecule has 4 amide bonds. The van der Waals surface area contributed by atoms with Gasteiger partial charge in [0.25, 0.3) is 5.91 Å². The van der Waals surface area contributed by atoms with Crippen LogP contribution in [0.25, 0.3) is 0 Å². The van der Waals surface area contributed by atoms with E-state index >= 15 is 0 Å². The second-order valence-corrected chi connectivity index (χ2v) is 6.46. The molecule has 7 nitrogen and oxygen atoms in total. The zero-order valence-electron chi connectivity index (χ0n) is 15.8. The molecule has 2 aromatic rings. The molecular weight excluding hydrogens is 344 g/mol. The Balaban J connectivity index is 2.19. The van der Waals surface area contributed by atoms with Crippen molar-refractivity contribution in [1.29, 1.82) is 0 Å². The fraction of sp³-hybridized carbons (Fsp3) is 0.250. The van der Waals surface area contributed by atoms with E-state index in [9.17, 15) is 14.4 Å². The number of carbonyl (C=O) groups is 3. The Labute approximate surface area is 158 Å². The molecule has 0 atom stereocenters. The number of hydrogen-bond donors (Lipinski definition) is 4. The molecule has 0 saturated heterocycles. The maximum absolute atomic E-state index is 12.6. The highest BCUT2D eigenvalue weighted by molar-refractivity contribution is 6.08. The summed E-state index contributed by atoms with van der Waals surface area (Å²) in [6, 6.07) is 11.6. The zero-order valence-corrected chi connectivity index (χ0v) is 15.8. The van der Waals surface area contributed by atoms with Crippen LogP contribution < -0.4 is 21.3 Å². The van der Waals surface area contributed by atoms with Crippen LogP contribution in [-0.2, 0) is 4.79 Å². The summed E-state index contributed by atoms with van der Waals surface area (Å²) in [6.45, 7) is 6.98. The molecule has 0 unspecified atom stereocenters. The first-order valence-corrected chi connectivity index (χ1v) is 8.62. The summed E-state index contributed by atoms with van der Waals surface area (Å²) in [4.78, 5) is 35.9. The van der Waals surface area contributed by atoms with Crippen molar-refractivity contribution in [3.8, 4) is 0 Å². The van der Waals surface area contributed by atoms with E-state index in [-0.39, 0.29) is 23.9 Å². The molecule has 0 spiro atoms. The number of para-hydroxylation sites is 2. The Hall–Kier alpha value is -3.35. The lowest BCUT2D eigenvalue weighted by Gasteiger charge is -2.15. The number of hydrogen-bond acceptors (Lipinski definition) is 3. The van der Waals surface area contributed by atoms with E-state index in [0.29, 0.717) is 22.6 Å². The predicted octanol–water partition coefficient (Wildman–Crippen LogP) is 3.74. The fourth-order valence-electron chi connectivity index (χ4n) is 2.40. The molecule has 0 heterocycles. The number of rotatable bonds is 5. The van der Waals surface area contributed by atoms with E-state index in [1.165, 1.54) is 6.92 Å². The predicted molar refractivity (Wildman–Crippen MR) is 107 cm³/mol. The molecule has 0 aromatic heterocycles. The standard InChI is InChI=1S/C20H24N4O3/c1-12(2)21-20(27)24-17-8-6-5-7-16(17)23-19(26)15-10-9-13(3)18(11-15)22-14(4)25/h5-12H,1-4H3,(H,22,25)(H,23,26)(H2,21,24,27). The van der Waals surface area contributed by atoms with Crippen LogP contribution in [0.1, 0.15) is 36.7 Å². The number of benzene rings is 2. The van der Waals surface area contributed by atoms with Crippen molar-refractivity contribution in [2.75, 3.05) is 16.0 Å². The van der Waals surface area contributed by atoms with Crippen LogP contribution >= 0.6 is 0 Å². The molecule has 27 heavy (non-hydrogen) atoms. The van der Waals surface area contributed by atoms with Crippen molar-refractivity contribution < 1.29 is 14.4 Å². The Morgan fingerprint density at radius 2 is 1.48 bits per heavy atom. The first kappa shape index (κ1) is 20.0. The zero-order chi connectivity index (χ0) is 20.0. The van der Waals surface area contributed by atoms with Crippen molar-refractivity contribution in [3.63, 3.8) is 0 Å². The lowest BCUT2D eigenvalue weighted by molar-refractivity contribution is -0.114. The maximum atomic E-state index is 12.6. The van der Waals surface area contributed by atoms with Crippen molar-refractivity contribution in [1.82, 2.24) is 5.32 Å². The van der Waals surface area contributed by atoms with Crippen LogP contribution in [0.15, 0.2) is 42.5 Å². The lowest BCUT2D eigenvalue weighted by Crippen LogP contribution is -2.34. The normalized spacial score (nSPS) is 10.3. The van der Waals surface area contributed by atoms with Gasteiger partial charge >= 0.3 is 6.03 Å². The molecule has 2 aromatic carbocycles. The van der Waals surface area contributed by atoms with Gasteiger partial charge in [0.05, 0.1) is 11.4 Å². The largest absolute Gasteiger partial charge is 0.336 e. The summed E-state index contributed by atoms with van der Waals surface area (Å²) < 4.78 is 0. The Kier molecular flexibility index (Phi) is 6.54. The molecule has 0 aliphatic heterocycles. The summed E-state index contributed by atoms with van der Waals surface area (Å²) in [6.07, 6.45) is 0. The van der Waals surface area contributed by atoms with Crippen LogP contribution in [0.2, 0.25) is 0 Å². The number of aryl methyl sites for hydroxylation is 1. The van der Waals surface area contributed by atoms with Gasteiger partial charge < -0.3 is 21.3 Å². The van der Waals surface area contributed by atoms with Crippen molar-refractivity contribution in [3.05, 3.63) is 53.6 Å². The average molecular weight is 368 g/mol. The molecular formula is C20H24N4O3. The highest BCUT2D eigenvalue weighted by Crippen LogP contribution is 2.23. The fourth-order valence-corrected chi connectivity index (χ4v) is 2.40. The number of nitrogens with one attached hydrogen (secondary N) is 4. The van der Waals surface area contributed by atoms with E-state index in [1.54, 1.807) is 42.5 Å². The van der Waals surface area contributed by atoms with Gasteiger partial charge in [-0.3, -0.25) is 9.59 Å². The minimum Gasteiger partial charge on any atom is -0.336 e. The third kappa shape index (κ3) is 5.85. The van der Waals surface area contributed by atoms with Crippen LogP contribution in [0.3, 0.4) is 0 Å². The molecule has 4 N–H and O–H groups in total. The van der Waals surface area contributed by atoms with Gasteiger partial charge in [-0.05, 0) is 50.6 Å². The van der Waals surface area contributed by atoms with E-state index in [2.05, 4.69) is 21.3 Å². The number of amides is 4. The van der Waals surface area contributed by atoms with Crippen LogP contribution in [0.4, 0.5) is 21.9 Å². The van der Waals surface area contributed by atoms with E-state index in [0.717, 1.165) is 5.56 Å². The molecule has 0 aliphatic rings. The maximum Gasteiger partial charge on any atom is 0.319 e. The highest BCUT2D eigenvalue weighted by atomic mass is 16.2. The summed E-state index contributed by atoms with van der Waals surface area (Å²) in [5.41, 5.74) is 2.79. The summed E-state index contributed by atoms with van der Waals surface area (Å²) >= 11 is 0. The van der Waals surface area contributed by atoms with Gasteiger partial charge in [0.2, 0.25) is 5.91 Å². The molecule has 0 bridgehead atoms. The van der Waals surface area contributed by atoms with E-state index in [4.69, 9.17) is 0 Å². The molecule has 2 rings (SSSR count). The van der Waals surface area contributed by atoms with Gasteiger partial charge in [0.1, 0.15) is 0 Å². The van der Waals surface area contributed by atoms with Gasteiger partial charge in [-0.2, -0.15) is 0 Å². The Morgan fingerprint density at radius 1 is 0.852 bits per heavy atom. The van der Waals surface area contributed by atoms with Crippen molar-refractivity contribution in [2.24, 2.45) is 0 Å². The van der Waals surface area contributed by atoms with Crippen LogP contribution in [-0.4, -0.2) is 23.9 Å². The summed E-state index contributed by atoms with van der Waals surface area (Å²) in [5, 5.41) is 11.0.